The van der Waals surface area contributed by atoms with E-state index in [1.54, 1.807) is 6.07 Å². The molecule has 0 saturated carbocycles. The van der Waals surface area contributed by atoms with Gasteiger partial charge in [0.05, 0.1) is 4.90 Å². The van der Waals surface area contributed by atoms with Crippen LogP contribution in [0.5, 0.6) is 0 Å². The molecule has 1 aliphatic rings. The summed E-state index contributed by atoms with van der Waals surface area (Å²) in [6, 6.07) is 12.1. The molecular weight excluding hydrogens is 318 g/mol. The van der Waals surface area contributed by atoms with Crippen molar-refractivity contribution >= 4 is 16.2 Å². The third kappa shape index (κ3) is 2.80. The number of carbonyl (C=O) groups is 1. The summed E-state index contributed by atoms with van der Waals surface area (Å²) in [5.41, 5.74) is 3.51. The number of alkyl carbamates (subject to hydrolysis) is 1. The van der Waals surface area contributed by atoms with Crippen molar-refractivity contribution in [2.75, 3.05) is 13.7 Å². The van der Waals surface area contributed by atoms with Crippen molar-refractivity contribution in [2.45, 2.75) is 10.8 Å². The molecule has 0 aromatic heterocycles. The van der Waals surface area contributed by atoms with Gasteiger partial charge < -0.3 is 10.1 Å². The summed E-state index contributed by atoms with van der Waals surface area (Å²) in [5.74, 6) is -0.278. The zero-order valence-corrected chi connectivity index (χ0v) is 13.1. The number of nitrogens with one attached hydrogen (secondary N) is 1. The van der Waals surface area contributed by atoms with Crippen molar-refractivity contribution in [1.82, 2.24) is 5.32 Å². The van der Waals surface area contributed by atoms with E-state index in [1.165, 1.54) is 19.2 Å². The number of carbonyl (C=O) groups excluding carboxylic acids is 1. The number of hydrogen-bond donors (Lipinski definition) is 2. The number of fused-ring (bicyclic) bond motifs is 3. The van der Waals surface area contributed by atoms with Gasteiger partial charge in [0, 0.05) is 13.0 Å². The van der Waals surface area contributed by atoms with Crippen molar-refractivity contribution in [3.8, 4) is 11.1 Å². The summed E-state index contributed by atoms with van der Waals surface area (Å²) in [4.78, 5) is 11.2. The first-order chi connectivity index (χ1) is 10.9. The molecule has 2 aromatic rings. The zero-order valence-electron chi connectivity index (χ0n) is 12.3. The third-order valence-electron chi connectivity index (χ3n) is 3.91. The van der Waals surface area contributed by atoms with Gasteiger partial charge in [-0.25, -0.2) is 4.79 Å². The molecule has 0 fully saturated rings. The van der Waals surface area contributed by atoms with Gasteiger partial charge in [-0.05, 0) is 34.4 Å². The molecule has 0 aliphatic heterocycles. The molecule has 3 rings (SSSR count). The Kier molecular flexibility index (Phi) is 3.83. The van der Waals surface area contributed by atoms with Crippen LogP contribution in [0.25, 0.3) is 11.1 Å². The first-order valence-corrected chi connectivity index (χ1v) is 8.41. The SMILES string of the molecule is CNC(=O)OCC1c2ccccc2-c2ccc(S(=O)(=O)O)cc21. The first kappa shape index (κ1) is 15.5. The van der Waals surface area contributed by atoms with Crippen molar-refractivity contribution in [3.63, 3.8) is 0 Å². The standard InChI is InChI=1S/C16H15NO5S/c1-17-16(18)22-9-15-12-5-3-2-4-11(12)13-7-6-10(8-14(13)15)23(19,20)21/h2-8,15H,9H2,1H3,(H,17,18)(H,19,20,21). The van der Waals surface area contributed by atoms with Crippen LogP contribution in [0.4, 0.5) is 4.79 Å². The van der Waals surface area contributed by atoms with Gasteiger partial charge in [0.25, 0.3) is 10.1 Å². The molecule has 23 heavy (non-hydrogen) atoms. The molecule has 6 nitrogen and oxygen atoms in total. The van der Waals surface area contributed by atoms with E-state index in [4.69, 9.17) is 4.74 Å². The Labute approximate surface area is 133 Å². The van der Waals surface area contributed by atoms with Gasteiger partial charge in [-0.2, -0.15) is 8.42 Å². The monoisotopic (exact) mass is 333 g/mol. The van der Waals surface area contributed by atoms with E-state index in [2.05, 4.69) is 5.32 Å². The van der Waals surface area contributed by atoms with E-state index in [-0.39, 0.29) is 17.4 Å². The van der Waals surface area contributed by atoms with Gasteiger partial charge in [-0.3, -0.25) is 4.55 Å². The Bertz CT molecular complexity index is 876. The minimum Gasteiger partial charge on any atom is -0.449 e. The molecule has 0 heterocycles. The van der Waals surface area contributed by atoms with Crippen LogP contribution in [0.3, 0.4) is 0 Å². The average Bonchev–Trinajstić information content (AvgIpc) is 2.85. The van der Waals surface area contributed by atoms with Gasteiger partial charge in [0.1, 0.15) is 6.61 Å². The molecule has 2 N–H and O–H groups in total. The fourth-order valence-electron chi connectivity index (χ4n) is 2.86. The van der Waals surface area contributed by atoms with Gasteiger partial charge in [0.2, 0.25) is 0 Å². The number of ether oxygens (including phenoxy) is 1. The van der Waals surface area contributed by atoms with E-state index in [0.717, 1.165) is 16.7 Å². The van der Waals surface area contributed by atoms with Crippen molar-refractivity contribution in [1.29, 1.82) is 0 Å². The van der Waals surface area contributed by atoms with Crippen molar-refractivity contribution in [3.05, 3.63) is 53.6 Å². The van der Waals surface area contributed by atoms with Crippen LogP contribution in [-0.2, 0) is 14.9 Å². The Hall–Kier alpha value is -2.38. The molecule has 1 aliphatic carbocycles. The lowest BCUT2D eigenvalue weighted by atomic mass is 9.98. The summed E-state index contributed by atoms with van der Waals surface area (Å²) < 4.78 is 37.2. The Morgan fingerprint density at radius 2 is 1.87 bits per heavy atom. The molecule has 7 heteroatoms. The molecule has 1 unspecified atom stereocenters. The van der Waals surface area contributed by atoms with E-state index >= 15 is 0 Å². The summed E-state index contributed by atoms with van der Waals surface area (Å²) in [5, 5.41) is 2.38. The van der Waals surface area contributed by atoms with Crippen LogP contribution in [0.2, 0.25) is 0 Å². The maximum absolute atomic E-state index is 11.4. The predicted molar refractivity (Wildman–Crippen MR) is 83.9 cm³/mol. The zero-order chi connectivity index (χ0) is 16.6. The topological polar surface area (TPSA) is 92.7 Å². The van der Waals surface area contributed by atoms with Gasteiger partial charge in [-0.1, -0.05) is 30.3 Å². The number of hydrogen-bond acceptors (Lipinski definition) is 4. The van der Waals surface area contributed by atoms with Crippen LogP contribution in [0.1, 0.15) is 17.0 Å². The molecule has 2 aromatic carbocycles. The molecule has 0 radical (unpaired) electrons. The minimum absolute atomic E-state index is 0.0820. The van der Waals surface area contributed by atoms with E-state index in [1.807, 2.05) is 24.3 Å². The fourth-order valence-corrected chi connectivity index (χ4v) is 3.38. The maximum atomic E-state index is 11.4. The normalized spacial score (nSPS) is 15.7. The minimum atomic E-state index is -4.29. The lowest BCUT2D eigenvalue weighted by molar-refractivity contribution is 0.145. The van der Waals surface area contributed by atoms with Gasteiger partial charge >= 0.3 is 6.09 Å². The van der Waals surface area contributed by atoms with Crippen molar-refractivity contribution in [2.24, 2.45) is 0 Å². The number of rotatable bonds is 3. The summed E-state index contributed by atoms with van der Waals surface area (Å²) >= 11 is 0. The molecule has 0 spiro atoms. The highest BCUT2D eigenvalue weighted by Crippen LogP contribution is 2.45. The van der Waals surface area contributed by atoms with Crippen LogP contribution in [0.15, 0.2) is 47.4 Å². The fraction of sp³-hybridized carbons (Fsp3) is 0.188. The number of benzene rings is 2. The summed E-state index contributed by atoms with van der Waals surface area (Å²) in [6.07, 6.45) is -0.554. The van der Waals surface area contributed by atoms with E-state index in [9.17, 15) is 17.8 Å². The summed E-state index contributed by atoms with van der Waals surface area (Å²) in [7, 11) is -2.82. The highest BCUT2D eigenvalue weighted by atomic mass is 32.2. The first-order valence-electron chi connectivity index (χ1n) is 6.97. The third-order valence-corrected chi connectivity index (χ3v) is 4.76. The molecule has 0 bridgehead atoms. The summed E-state index contributed by atoms with van der Waals surface area (Å²) in [6.45, 7) is 0.0820. The van der Waals surface area contributed by atoms with Crippen LogP contribution >= 0.6 is 0 Å². The van der Waals surface area contributed by atoms with Gasteiger partial charge in [0.15, 0.2) is 0 Å². The lowest BCUT2D eigenvalue weighted by Gasteiger charge is -2.14. The molecule has 120 valence electrons. The lowest BCUT2D eigenvalue weighted by Crippen LogP contribution is -2.22. The maximum Gasteiger partial charge on any atom is 0.406 e. The smallest absolute Gasteiger partial charge is 0.406 e. The van der Waals surface area contributed by atoms with Crippen LogP contribution < -0.4 is 5.32 Å². The molecule has 1 amide bonds. The van der Waals surface area contributed by atoms with E-state index in [0.29, 0.717) is 5.56 Å². The Balaban J connectivity index is 2.08. The average molecular weight is 333 g/mol. The second-order valence-corrected chi connectivity index (χ2v) is 6.63. The highest BCUT2D eigenvalue weighted by molar-refractivity contribution is 7.85. The van der Waals surface area contributed by atoms with E-state index < -0.39 is 16.2 Å². The Morgan fingerprint density at radius 1 is 1.17 bits per heavy atom. The molecule has 0 saturated heterocycles. The largest absolute Gasteiger partial charge is 0.449 e. The second kappa shape index (κ2) is 5.68. The van der Waals surface area contributed by atoms with Crippen molar-refractivity contribution < 1.29 is 22.5 Å². The van der Waals surface area contributed by atoms with Gasteiger partial charge in [-0.15, -0.1) is 0 Å². The second-order valence-electron chi connectivity index (χ2n) is 5.21. The highest BCUT2D eigenvalue weighted by Gasteiger charge is 2.30. The number of amides is 1. The van der Waals surface area contributed by atoms with Crippen LogP contribution in [-0.4, -0.2) is 32.7 Å². The molecule has 1 atom stereocenters. The quantitative estimate of drug-likeness (QED) is 0.842. The van der Waals surface area contributed by atoms with Crippen LogP contribution in [0, 0.1) is 0 Å². The Morgan fingerprint density at radius 3 is 2.57 bits per heavy atom. The predicted octanol–water partition coefficient (Wildman–Crippen LogP) is 2.40. The molecular formula is C16H15NO5S.